The Morgan fingerprint density at radius 2 is 1.25 bits per heavy atom. The lowest BCUT2D eigenvalue weighted by molar-refractivity contribution is 0.603. The third kappa shape index (κ3) is 4.11. The van der Waals surface area contributed by atoms with Crippen LogP contribution in [0.3, 0.4) is 0 Å². The standard InChI is InChI=1S/C43H28N4O/c1-2-12-30(13-3-1)42-44-37-26-25-34-33-16-7-9-20-38(33)47(40(34)41(37)48-42)43-45-36-19-8-6-17-35(36)39(46-43)29-23-21-28(22-24-29)32-18-10-14-27-11-4-5-15-31(27)32/h1-26,43,45H. The van der Waals surface area contributed by atoms with Crippen LogP contribution < -0.4 is 5.32 Å². The van der Waals surface area contributed by atoms with E-state index in [1.807, 2.05) is 30.3 Å². The Hall–Kier alpha value is -6.46. The van der Waals surface area contributed by atoms with Gasteiger partial charge in [0, 0.05) is 33.2 Å². The zero-order chi connectivity index (χ0) is 31.6. The maximum absolute atomic E-state index is 6.59. The van der Waals surface area contributed by atoms with Crippen molar-refractivity contribution in [3.8, 4) is 22.6 Å². The van der Waals surface area contributed by atoms with E-state index in [1.54, 1.807) is 0 Å². The van der Waals surface area contributed by atoms with Gasteiger partial charge in [0.1, 0.15) is 5.52 Å². The molecule has 5 heteroatoms. The maximum Gasteiger partial charge on any atom is 0.227 e. The molecular weight excluding hydrogens is 589 g/mol. The van der Waals surface area contributed by atoms with Crippen molar-refractivity contribution in [3.05, 3.63) is 169 Å². The van der Waals surface area contributed by atoms with E-state index in [4.69, 9.17) is 14.4 Å². The molecule has 1 N–H and O–H groups in total. The quantitative estimate of drug-likeness (QED) is 0.214. The van der Waals surface area contributed by atoms with Crippen LogP contribution >= 0.6 is 0 Å². The van der Waals surface area contributed by atoms with Crippen molar-refractivity contribution in [2.24, 2.45) is 4.99 Å². The second-order valence-electron chi connectivity index (χ2n) is 12.2. The molecule has 2 aromatic heterocycles. The summed E-state index contributed by atoms with van der Waals surface area (Å²) in [5.74, 6) is 0.604. The molecule has 0 aliphatic carbocycles. The first-order chi connectivity index (χ1) is 23.8. The lowest BCUT2D eigenvalue weighted by Crippen LogP contribution is -2.24. The topological polar surface area (TPSA) is 55.4 Å². The van der Waals surface area contributed by atoms with Crippen LogP contribution in [-0.4, -0.2) is 15.3 Å². The number of anilines is 1. The number of aromatic nitrogens is 2. The van der Waals surface area contributed by atoms with Crippen molar-refractivity contribution in [1.82, 2.24) is 9.55 Å². The Bertz CT molecular complexity index is 2700. The van der Waals surface area contributed by atoms with Crippen LogP contribution in [0.5, 0.6) is 0 Å². The molecule has 7 aromatic carbocycles. The average Bonchev–Trinajstić information content (AvgIpc) is 3.74. The molecular formula is C43H28N4O. The van der Waals surface area contributed by atoms with E-state index in [1.165, 1.54) is 21.9 Å². The summed E-state index contributed by atoms with van der Waals surface area (Å²) in [6.45, 7) is 0. The number of hydrogen-bond donors (Lipinski definition) is 1. The van der Waals surface area contributed by atoms with Crippen molar-refractivity contribution in [1.29, 1.82) is 0 Å². The molecule has 0 spiro atoms. The molecule has 0 fully saturated rings. The molecule has 0 saturated heterocycles. The fourth-order valence-electron chi connectivity index (χ4n) is 7.24. The van der Waals surface area contributed by atoms with E-state index in [2.05, 4.69) is 137 Å². The first kappa shape index (κ1) is 26.7. The Kier molecular flexibility index (Phi) is 5.87. The van der Waals surface area contributed by atoms with Crippen molar-refractivity contribution in [2.45, 2.75) is 6.29 Å². The minimum atomic E-state index is -0.425. The summed E-state index contributed by atoms with van der Waals surface area (Å²) in [7, 11) is 0. The molecule has 5 nitrogen and oxygen atoms in total. The van der Waals surface area contributed by atoms with E-state index < -0.39 is 6.29 Å². The third-order valence-corrected chi connectivity index (χ3v) is 9.47. The van der Waals surface area contributed by atoms with Gasteiger partial charge in [-0.15, -0.1) is 0 Å². The van der Waals surface area contributed by atoms with Crippen LogP contribution in [0.25, 0.3) is 66.3 Å². The normalized spacial score (nSPS) is 14.3. The molecule has 3 heterocycles. The molecule has 0 bridgehead atoms. The van der Waals surface area contributed by atoms with Gasteiger partial charge in [-0.2, -0.15) is 0 Å². The monoisotopic (exact) mass is 616 g/mol. The number of aliphatic imine (C=N–C) groups is 1. The van der Waals surface area contributed by atoms with Gasteiger partial charge in [-0.25, -0.2) is 9.98 Å². The largest absolute Gasteiger partial charge is 0.434 e. The summed E-state index contributed by atoms with van der Waals surface area (Å²) in [6, 6.07) is 55.0. The second-order valence-corrected chi connectivity index (χ2v) is 12.2. The van der Waals surface area contributed by atoms with Crippen LogP contribution in [-0.2, 0) is 0 Å². The molecule has 0 saturated carbocycles. The van der Waals surface area contributed by atoms with Crippen molar-refractivity contribution in [3.63, 3.8) is 0 Å². The number of para-hydroxylation sites is 2. The SMILES string of the molecule is c1ccc(-c2nc3ccc4c5ccccc5n(C5N=C(c6ccc(-c7cccc8ccccc78)cc6)c6ccccc6N5)c4c3o2)cc1. The number of nitrogens with zero attached hydrogens (tertiary/aromatic N) is 3. The highest BCUT2D eigenvalue weighted by atomic mass is 16.3. The molecule has 9 aromatic rings. The molecule has 226 valence electrons. The highest BCUT2D eigenvalue weighted by molar-refractivity contribution is 6.18. The van der Waals surface area contributed by atoms with Gasteiger partial charge in [0.2, 0.25) is 12.2 Å². The number of hydrogen-bond acceptors (Lipinski definition) is 4. The van der Waals surface area contributed by atoms with Gasteiger partial charge in [-0.05, 0) is 58.3 Å². The Morgan fingerprint density at radius 1 is 0.542 bits per heavy atom. The fraction of sp³-hybridized carbons (Fsp3) is 0.0233. The molecule has 1 atom stereocenters. The molecule has 1 unspecified atom stereocenters. The summed E-state index contributed by atoms with van der Waals surface area (Å²) in [5.41, 5.74) is 11.1. The number of fused-ring (bicyclic) bond motifs is 7. The highest BCUT2D eigenvalue weighted by Crippen LogP contribution is 2.40. The zero-order valence-electron chi connectivity index (χ0n) is 25.8. The molecule has 0 radical (unpaired) electrons. The van der Waals surface area contributed by atoms with Crippen LogP contribution in [0.4, 0.5) is 5.69 Å². The molecule has 1 aliphatic heterocycles. The van der Waals surface area contributed by atoms with Gasteiger partial charge in [-0.3, -0.25) is 4.57 Å². The van der Waals surface area contributed by atoms with E-state index in [9.17, 15) is 0 Å². The van der Waals surface area contributed by atoms with Gasteiger partial charge in [-0.1, -0.05) is 121 Å². The second kappa shape index (κ2) is 10.5. The number of nitrogens with one attached hydrogen (secondary N) is 1. The zero-order valence-corrected chi connectivity index (χ0v) is 25.8. The third-order valence-electron chi connectivity index (χ3n) is 9.47. The van der Waals surface area contributed by atoms with E-state index in [-0.39, 0.29) is 0 Å². The minimum absolute atomic E-state index is 0.425. The van der Waals surface area contributed by atoms with E-state index >= 15 is 0 Å². The van der Waals surface area contributed by atoms with Crippen LogP contribution in [0.1, 0.15) is 17.4 Å². The van der Waals surface area contributed by atoms with E-state index in [0.29, 0.717) is 5.89 Å². The van der Waals surface area contributed by atoms with Crippen molar-refractivity contribution < 1.29 is 4.42 Å². The summed E-state index contributed by atoms with van der Waals surface area (Å²) in [6.07, 6.45) is -0.425. The summed E-state index contributed by atoms with van der Waals surface area (Å²) < 4.78 is 8.86. The molecule has 10 rings (SSSR count). The number of rotatable bonds is 4. The Balaban J connectivity index is 1.16. The van der Waals surface area contributed by atoms with Gasteiger partial charge in [0.05, 0.1) is 16.7 Å². The summed E-state index contributed by atoms with van der Waals surface area (Å²) in [5, 5.41) is 8.49. The van der Waals surface area contributed by atoms with Gasteiger partial charge in [0.25, 0.3) is 0 Å². The highest BCUT2D eigenvalue weighted by Gasteiger charge is 2.27. The van der Waals surface area contributed by atoms with Gasteiger partial charge >= 0.3 is 0 Å². The number of oxazole rings is 1. The fourth-order valence-corrected chi connectivity index (χ4v) is 7.24. The van der Waals surface area contributed by atoms with Gasteiger partial charge in [0.15, 0.2) is 5.58 Å². The average molecular weight is 617 g/mol. The molecule has 48 heavy (non-hydrogen) atoms. The predicted octanol–water partition coefficient (Wildman–Crippen LogP) is 10.8. The van der Waals surface area contributed by atoms with Gasteiger partial charge < -0.3 is 9.73 Å². The van der Waals surface area contributed by atoms with Crippen LogP contribution in [0, 0.1) is 0 Å². The van der Waals surface area contributed by atoms with Crippen molar-refractivity contribution in [2.75, 3.05) is 5.32 Å². The predicted molar refractivity (Wildman–Crippen MR) is 197 cm³/mol. The lowest BCUT2D eigenvalue weighted by atomic mass is 9.94. The van der Waals surface area contributed by atoms with Crippen LogP contribution in [0.2, 0.25) is 0 Å². The molecule has 0 amide bonds. The smallest absolute Gasteiger partial charge is 0.227 e. The van der Waals surface area contributed by atoms with Crippen LogP contribution in [0.15, 0.2) is 167 Å². The first-order valence-electron chi connectivity index (χ1n) is 16.2. The van der Waals surface area contributed by atoms with Crippen molar-refractivity contribution >= 4 is 55.1 Å². The molecule has 1 aliphatic rings. The summed E-state index contributed by atoms with van der Waals surface area (Å²) in [4.78, 5) is 10.4. The maximum atomic E-state index is 6.59. The Morgan fingerprint density at radius 3 is 2.15 bits per heavy atom. The minimum Gasteiger partial charge on any atom is -0.434 e. The number of benzene rings is 7. The Labute approximate surface area is 276 Å². The lowest BCUT2D eigenvalue weighted by Gasteiger charge is -2.28. The summed E-state index contributed by atoms with van der Waals surface area (Å²) >= 11 is 0. The van der Waals surface area contributed by atoms with E-state index in [0.717, 1.165) is 61.0 Å². The first-order valence-corrected chi connectivity index (χ1v) is 16.2.